The Balaban J connectivity index is 1.88. The fourth-order valence-electron chi connectivity index (χ4n) is 3.22. The van der Waals surface area contributed by atoms with Gasteiger partial charge >= 0.3 is 0 Å². The number of nitrogens with zero attached hydrogens (tertiary/aromatic N) is 1. The Labute approximate surface area is 122 Å². The summed E-state index contributed by atoms with van der Waals surface area (Å²) in [6.45, 7) is 1.34. The van der Waals surface area contributed by atoms with E-state index in [0.29, 0.717) is 35.5 Å². The topological polar surface area (TPSA) is 63.4 Å². The normalized spacial score (nSPS) is 27.6. The molecule has 1 saturated heterocycles. The predicted octanol–water partition coefficient (Wildman–Crippen LogP) is 2.45. The molecule has 0 spiro atoms. The van der Waals surface area contributed by atoms with Gasteiger partial charge in [-0.15, -0.1) is 0 Å². The maximum Gasteiger partial charge on any atom is 0.243 e. The predicted molar refractivity (Wildman–Crippen MR) is 78.1 cm³/mol. The second-order valence-corrected chi connectivity index (χ2v) is 8.25. The molecule has 1 heterocycles. The van der Waals surface area contributed by atoms with Crippen molar-refractivity contribution in [2.45, 2.75) is 24.2 Å². The van der Waals surface area contributed by atoms with Gasteiger partial charge in [-0.1, -0.05) is 6.42 Å². The molecule has 1 aliphatic heterocycles. The van der Waals surface area contributed by atoms with E-state index in [9.17, 15) is 8.42 Å². The summed E-state index contributed by atoms with van der Waals surface area (Å²) in [5.41, 5.74) is 6.24. The van der Waals surface area contributed by atoms with Gasteiger partial charge in [0, 0.05) is 23.2 Å². The summed E-state index contributed by atoms with van der Waals surface area (Å²) in [6.07, 6.45) is 3.58. The Kier molecular flexibility index (Phi) is 3.35. The van der Waals surface area contributed by atoms with Crippen LogP contribution < -0.4 is 5.73 Å². The van der Waals surface area contributed by atoms with E-state index in [0.717, 1.165) is 4.47 Å². The number of nitrogen functional groups attached to an aromatic ring is 1. The van der Waals surface area contributed by atoms with Gasteiger partial charge in [0.25, 0.3) is 0 Å². The lowest BCUT2D eigenvalue weighted by atomic mass is 10.0. The van der Waals surface area contributed by atoms with Gasteiger partial charge in [-0.05, 0) is 58.8 Å². The van der Waals surface area contributed by atoms with E-state index in [1.165, 1.54) is 25.3 Å². The first-order chi connectivity index (χ1) is 8.98. The maximum atomic E-state index is 12.6. The minimum absolute atomic E-state index is 0.299. The third-order valence-corrected chi connectivity index (χ3v) is 6.85. The van der Waals surface area contributed by atoms with Crippen LogP contribution in [0.25, 0.3) is 0 Å². The fraction of sp³-hybridized carbons (Fsp3) is 0.538. The highest BCUT2D eigenvalue weighted by molar-refractivity contribution is 9.10. The Bertz CT molecular complexity index is 591. The zero-order valence-corrected chi connectivity index (χ0v) is 13.0. The number of halogens is 1. The zero-order chi connectivity index (χ0) is 13.6. The van der Waals surface area contributed by atoms with Crippen molar-refractivity contribution in [2.75, 3.05) is 18.8 Å². The van der Waals surface area contributed by atoms with Crippen LogP contribution in [0.2, 0.25) is 0 Å². The molecule has 1 aliphatic carbocycles. The first-order valence-electron chi connectivity index (χ1n) is 6.53. The molecule has 1 aromatic carbocycles. The average Bonchev–Trinajstić information content (AvgIpc) is 2.93. The Morgan fingerprint density at radius 2 is 1.84 bits per heavy atom. The monoisotopic (exact) mass is 344 g/mol. The first kappa shape index (κ1) is 13.4. The minimum atomic E-state index is -3.39. The molecule has 2 unspecified atom stereocenters. The zero-order valence-electron chi connectivity index (χ0n) is 10.5. The van der Waals surface area contributed by atoms with Crippen LogP contribution in [-0.2, 0) is 10.0 Å². The molecule has 0 radical (unpaired) electrons. The highest BCUT2D eigenvalue weighted by Crippen LogP contribution is 2.40. The van der Waals surface area contributed by atoms with E-state index in [1.54, 1.807) is 16.4 Å². The number of nitrogens with two attached hydrogens (primary N) is 1. The third kappa shape index (κ3) is 2.30. The SMILES string of the molecule is Nc1cc(S(=O)(=O)N2CC3CCCC3C2)ccc1Br. The standard InChI is InChI=1S/C13H17BrN2O2S/c14-12-5-4-11(6-13(12)15)19(17,18)16-7-9-2-1-3-10(9)8-16/h4-6,9-10H,1-3,7-8,15H2. The van der Waals surface area contributed by atoms with E-state index in [2.05, 4.69) is 15.9 Å². The highest BCUT2D eigenvalue weighted by atomic mass is 79.9. The summed E-state index contributed by atoms with van der Waals surface area (Å²) in [7, 11) is -3.39. The van der Waals surface area contributed by atoms with Crippen molar-refractivity contribution in [3.05, 3.63) is 22.7 Å². The van der Waals surface area contributed by atoms with Crippen LogP contribution in [0.3, 0.4) is 0 Å². The van der Waals surface area contributed by atoms with Crippen LogP contribution in [0.5, 0.6) is 0 Å². The molecule has 1 saturated carbocycles. The molecule has 0 aromatic heterocycles. The van der Waals surface area contributed by atoms with E-state index in [4.69, 9.17) is 5.73 Å². The van der Waals surface area contributed by atoms with Crippen molar-refractivity contribution >= 4 is 31.6 Å². The number of sulfonamides is 1. The second kappa shape index (κ2) is 4.75. The first-order valence-corrected chi connectivity index (χ1v) is 8.77. The van der Waals surface area contributed by atoms with Crippen molar-refractivity contribution in [1.29, 1.82) is 0 Å². The van der Waals surface area contributed by atoms with Crippen LogP contribution in [0, 0.1) is 11.8 Å². The van der Waals surface area contributed by atoms with E-state index >= 15 is 0 Å². The van der Waals surface area contributed by atoms with Gasteiger partial charge in [0.05, 0.1) is 4.90 Å². The van der Waals surface area contributed by atoms with Gasteiger partial charge in [-0.2, -0.15) is 4.31 Å². The van der Waals surface area contributed by atoms with Crippen molar-refractivity contribution in [1.82, 2.24) is 4.31 Å². The Hall–Kier alpha value is -0.590. The largest absolute Gasteiger partial charge is 0.398 e. The van der Waals surface area contributed by atoms with E-state index in [-0.39, 0.29) is 0 Å². The molecule has 6 heteroatoms. The molecule has 2 aliphatic rings. The maximum absolute atomic E-state index is 12.6. The van der Waals surface area contributed by atoms with Crippen molar-refractivity contribution in [2.24, 2.45) is 11.8 Å². The van der Waals surface area contributed by atoms with Gasteiger partial charge in [0.2, 0.25) is 10.0 Å². The minimum Gasteiger partial charge on any atom is -0.398 e. The Morgan fingerprint density at radius 1 is 1.21 bits per heavy atom. The van der Waals surface area contributed by atoms with Crippen LogP contribution in [0.15, 0.2) is 27.6 Å². The van der Waals surface area contributed by atoms with Gasteiger partial charge in [-0.3, -0.25) is 0 Å². The molecule has 2 fully saturated rings. The summed E-state index contributed by atoms with van der Waals surface area (Å²) >= 11 is 3.29. The number of anilines is 1. The van der Waals surface area contributed by atoms with Gasteiger partial charge in [0.15, 0.2) is 0 Å². The summed E-state index contributed by atoms with van der Waals surface area (Å²) in [4.78, 5) is 0.299. The van der Waals surface area contributed by atoms with Gasteiger partial charge < -0.3 is 5.73 Å². The average molecular weight is 345 g/mol. The van der Waals surface area contributed by atoms with Crippen LogP contribution >= 0.6 is 15.9 Å². The van der Waals surface area contributed by atoms with Crippen molar-refractivity contribution < 1.29 is 8.42 Å². The number of benzene rings is 1. The fourth-order valence-corrected chi connectivity index (χ4v) is 5.06. The third-order valence-electron chi connectivity index (χ3n) is 4.30. The number of hydrogen-bond acceptors (Lipinski definition) is 3. The Morgan fingerprint density at radius 3 is 2.42 bits per heavy atom. The number of fused-ring (bicyclic) bond motifs is 1. The lowest BCUT2D eigenvalue weighted by Gasteiger charge is -2.17. The number of rotatable bonds is 2. The van der Waals surface area contributed by atoms with Gasteiger partial charge in [0.1, 0.15) is 0 Å². The molecule has 2 N–H and O–H groups in total. The van der Waals surface area contributed by atoms with Gasteiger partial charge in [-0.25, -0.2) is 8.42 Å². The van der Waals surface area contributed by atoms with E-state index in [1.807, 2.05) is 0 Å². The lowest BCUT2D eigenvalue weighted by molar-refractivity contribution is 0.445. The summed E-state index contributed by atoms with van der Waals surface area (Å²) in [6, 6.07) is 4.84. The van der Waals surface area contributed by atoms with Crippen molar-refractivity contribution in [3.8, 4) is 0 Å². The molecule has 4 nitrogen and oxygen atoms in total. The molecule has 19 heavy (non-hydrogen) atoms. The molecule has 3 rings (SSSR count). The van der Waals surface area contributed by atoms with Crippen molar-refractivity contribution in [3.63, 3.8) is 0 Å². The van der Waals surface area contributed by atoms with Crippen LogP contribution in [-0.4, -0.2) is 25.8 Å². The van der Waals surface area contributed by atoms with Crippen LogP contribution in [0.1, 0.15) is 19.3 Å². The molecule has 2 atom stereocenters. The quantitative estimate of drug-likeness (QED) is 0.838. The summed E-state index contributed by atoms with van der Waals surface area (Å²) in [5, 5.41) is 0. The van der Waals surface area contributed by atoms with Crippen LogP contribution in [0.4, 0.5) is 5.69 Å². The van der Waals surface area contributed by atoms with E-state index < -0.39 is 10.0 Å². The molecule has 1 aromatic rings. The molecule has 0 bridgehead atoms. The highest BCUT2D eigenvalue weighted by Gasteiger charge is 2.41. The molecular formula is C13H17BrN2O2S. The summed E-state index contributed by atoms with van der Waals surface area (Å²) < 4.78 is 27.5. The number of hydrogen-bond donors (Lipinski definition) is 1. The smallest absolute Gasteiger partial charge is 0.243 e. The molecule has 0 amide bonds. The molecular weight excluding hydrogens is 328 g/mol. The molecule has 104 valence electrons. The lowest BCUT2D eigenvalue weighted by Crippen LogP contribution is -2.29. The summed E-state index contributed by atoms with van der Waals surface area (Å²) in [5.74, 6) is 1.12. The second-order valence-electron chi connectivity index (χ2n) is 5.46.